The summed E-state index contributed by atoms with van der Waals surface area (Å²) >= 11 is 0. The largest absolute Gasteiger partial charge is 0.504 e. The van der Waals surface area contributed by atoms with E-state index in [-0.39, 0.29) is 11.5 Å². The Morgan fingerprint density at radius 3 is 1.90 bits per heavy atom. The van der Waals surface area contributed by atoms with Crippen LogP contribution in [-0.2, 0) is 4.79 Å². The standard InChI is InChI=1S/C23H28N2O6/c1-14(2)16-4-6-18(7-5-16)31-15(3)22(29)24-8-10-25(11-9-24)23(30)17-12-19(26)21(28)20(27)13-17/h4-7,12-15,26-28H,8-11H2,1-3H3. The van der Waals surface area contributed by atoms with Gasteiger partial charge in [-0.3, -0.25) is 9.59 Å². The molecule has 166 valence electrons. The molecule has 1 saturated heterocycles. The predicted octanol–water partition coefficient (Wildman–Crippen LogP) is 2.68. The van der Waals surface area contributed by atoms with Gasteiger partial charge in [0.15, 0.2) is 23.4 Å². The predicted molar refractivity (Wildman–Crippen MR) is 115 cm³/mol. The molecular weight excluding hydrogens is 400 g/mol. The second-order valence-electron chi connectivity index (χ2n) is 7.96. The number of phenols is 3. The average Bonchev–Trinajstić information content (AvgIpc) is 2.76. The Kier molecular flexibility index (Phi) is 6.58. The average molecular weight is 428 g/mol. The minimum atomic E-state index is -0.667. The monoisotopic (exact) mass is 428 g/mol. The summed E-state index contributed by atoms with van der Waals surface area (Å²) in [6, 6.07) is 9.90. The Hall–Kier alpha value is -3.42. The number of amides is 2. The number of nitrogens with zero attached hydrogens (tertiary/aromatic N) is 2. The van der Waals surface area contributed by atoms with Crippen molar-refractivity contribution in [2.45, 2.75) is 32.8 Å². The molecule has 0 bridgehead atoms. The summed E-state index contributed by atoms with van der Waals surface area (Å²) in [5, 5.41) is 28.7. The van der Waals surface area contributed by atoms with E-state index >= 15 is 0 Å². The number of aromatic hydroxyl groups is 3. The van der Waals surface area contributed by atoms with Crippen molar-refractivity contribution in [3.05, 3.63) is 47.5 Å². The molecular formula is C23H28N2O6. The lowest BCUT2D eigenvalue weighted by Crippen LogP contribution is -2.53. The molecule has 1 unspecified atom stereocenters. The third kappa shape index (κ3) is 5.02. The van der Waals surface area contributed by atoms with Gasteiger partial charge in [-0.15, -0.1) is 0 Å². The molecule has 1 aliphatic heterocycles. The van der Waals surface area contributed by atoms with Gasteiger partial charge in [0, 0.05) is 31.7 Å². The molecule has 0 aromatic heterocycles. The van der Waals surface area contributed by atoms with Gasteiger partial charge >= 0.3 is 0 Å². The van der Waals surface area contributed by atoms with Crippen molar-refractivity contribution in [1.82, 2.24) is 9.80 Å². The van der Waals surface area contributed by atoms with Crippen LogP contribution in [0, 0.1) is 0 Å². The first kappa shape index (κ1) is 22.3. The van der Waals surface area contributed by atoms with E-state index in [1.165, 1.54) is 10.5 Å². The SMILES string of the molecule is CC(Oc1ccc(C(C)C)cc1)C(=O)N1CCN(C(=O)c2cc(O)c(O)c(O)c2)CC1. The van der Waals surface area contributed by atoms with Gasteiger partial charge in [-0.05, 0) is 42.7 Å². The van der Waals surface area contributed by atoms with E-state index in [0.717, 1.165) is 12.1 Å². The molecule has 0 saturated carbocycles. The minimum absolute atomic E-state index is 0.0640. The van der Waals surface area contributed by atoms with Crippen molar-refractivity contribution in [3.63, 3.8) is 0 Å². The van der Waals surface area contributed by atoms with Crippen molar-refractivity contribution in [2.75, 3.05) is 26.2 Å². The normalized spacial score (nSPS) is 15.1. The van der Waals surface area contributed by atoms with Crippen molar-refractivity contribution < 1.29 is 29.6 Å². The van der Waals surface area contributed by atoms with Gasteiger partial charge < -0.3 is 29.9 Å². The first-order valence-electron chi connectivity index (χ1n) is 10.3. The molecule has 3 rings (SSSR count). The fourth-order valence-corrected chi connectivity index (χ4v) is 3.48. The van der Waals surface area contributed by atoms with Gasteiger partial charge in [-0.25, -0.2) is 0 Å². The van der Waals surface area contributed by atoms with Gasteiger partial charge in [0.2, 0.25) is 0 Å². The maximum atomic E-state index is 12.8. The number of carbonyl (C=O) groups is 2. The molecule has 3 N–H and O–H groups in total. The van der Waals surface area contributed by atoms with Gasteiger partial charge in [0.1, 0.15) is 5.75 Å². The van der Waals surface area contributed by atoms with Gasteiger partial charge in [-0.1, -0.05) is 26.0 Å². The summed E-state index contributed by atoms with van der Waals surface area (Å²) in [4.78, 5) is 28.6. The molecule has 1 aliphatic rings. The molecule has 1 heterocycles. The van der Waals surface area contributed by atoms with Crippen LogP contribution in [0.5, 0.6) is 23.0 Å². The number of carbonyl (C=O) groups excluding carboxylic acids is 2. The van der Waals surface area contributed by atoms with E-state index in [2.05, 4.69) is 13.8 Å². The van der Waals surface area contributed by atoms with Crippen LogP contribution in [-0.4, -0.2) is 69.2 Å². The van der Waals surface area contributed by atoms with E-state index in [4.69, 9.17) is 4.74 Å². The molecule has 2 aromatic carbocycles. The first-order chi connectivity index (χ1) is 14.7. The van der Waals surface area contributed by atoms with E-state index in [1.54, 1.807) is 11.8 Å². The lowest BCUT2D eigenvalue weighted by molar-refractivity contribution is -0.139. The number of piperazine rings is 1. The fourth-order valence-electron chi connectivity index (χ4n) is 3.48. The van der Waals surface area contributed by atoms with Gasteiger partial charge in [0.05, 0.1) is 0 Å². The molecule has 8 heteroatoms. The lowest BCUT2D eigenvalue weighted by Gasteiger charge is -2.36. The molecule has 1 atom stereocenters. The highest BCUT2D eigenvalue weighted by Gasteiger charge is 2.29. The highest BCUT2D eigenvalue weighted by atomic mass is 16.5. The van der Waals surface area contributed by atoms with E-state index in [0.29, 0.717) is 37.8 Å². The number of hydrogen-bond acceptors (Lipinski definition) is 6. The van der Waals surface area contributed by atoms with E-state index < -0.39 is 29.3 Å². The summed E-state index contributed by atoms with van der Waals surface area (Å²) in [6.45, 7) is 7.24. The maximum absolute atomic E-state index is 12.8. The van der Waals surface area contributed by atoms with Gasteiger partial charge in [-0.2, -0.15) is 0 Å². The topological polar surface area (TPSA) is 111 Å². The highest BCUT2D eigenvalue weighted by molar-refractivity contribution is 5.95. The van der Waals surface area contributed by atoms with Crippen molar-refractivity contribution in [1.29, 1.82) is 0 Å². The molecule has 2 aromatic rings. The van der Waals surface area contributed by atoms with Crippen LogP contribution in [0.4, 0.5) is 0 Å². The Bertz CT molecular complexity index is 926. The third-order valence-corrected chi connectivity index (χ3v) is 5.40. The van der Waals surface area contributed by atoms with E-state index in [9.17, 15) is 24.9 Å². The number of hydrogen-bond donors (Lipinski definition) is 3. The Labute approximate surface area is 181 Å². The molecule has 0 spiro atoms. The maximum Gasteiger partial charge on any atom is 0.263 e. The van der Waals surface area contributed by atoms with E-state index in [1.807, 2.05) is 24.3 Å². The number of benzene rings is 2. The quantitative estimate of drug-likeness (QED) is 0.632. The molecule has 0 radical (unpaired) electrons. The number of rotatable bonds is 5. The summed E-state index contributed by atoms with van der Waals surface area (Å²) in [5.41, 5.74) is 1.26. The number of ether oxygens (including phenoxy) is 1. The van der Waals surface area contributed by atoms with Crippen LogP contribution >= 0.6 is 0 Å². The van der Waals surface area contributed by atoms with Crippen LogP contribution in [0.3, 0.4) is 0 Å². The van der Waals surface area contributed by atoms with Crippen LogP contribution in [0.2, 0.25) is 0 Å². The highest BCUT2D eigenvalue weighted by Crippen LogP contribution is 2.35. The zero-order chi connectivity index (χ0) is 22.7. The molecule has 2 amide bonds. The Morgan fingerprint density at radius 2 is 1.39 bits per heavy atom. The summed E-state index contributed by atoms with van der Waals surface area (Å²) in [5.74, 6) is -1.30. The summed E-state index contributed by atoms with van der Waals surface area (Å²) < 4.78 is 5.79. The minimum Gasteiger partial charge on any atom is -0.504 e. The second-order valence-corrected chi connectivity index (χ2v) is 7.96. The fraction of sp³-hybridized carbons (Fsp3) is 0.391. The Balaban J connectivity index is 1.56. The van der Waals surface area contributed by atoms with Crippen LogP contribution in [0.1, 0.15) is 42.6 Å². The van der Waals surface area contributed by atoms with Crippen molar-refractivity contribution in [2.24, 2.45) is 0 Å². The van der Waals surface area contributed by atoms with Crippen molar-refractivity contribution in [3.8, 4) is 23.0 Å². The lowest BCUT2D eigenvalue weighted by atomic mass is 10.0. The third-order valence-electron chi connectivity index (χ3n) is 5.40. The van der Waals surface area contributed by atoms with Crippen LogP contribution in [0.15, 0.2) is 36.4 Å². The van der Waals surface area contributed by atoms with Crippen LogP contribution in [0.25, 0.3) is 0 Å². The molecule has 0 aliphatic carbocycles. The van der Waals surface area contributed by atoms with Crippen molar-refractivity contribution >= 4 is 11.8 Å². The molecule has 31 heavy (non-hydrogen) atoms. The Morgan fingerprint density at radius 1 is 0.871 bits per heavy atom. The molecule has 8 nitrogen and oxygen atoms in total. The summed E-state index contributed by atoms with van der Waals surface area (Å²) in [7, 11) is 0. The zero-order valence-electron chi connectivity index (χ0n) is 17.9. The molecule has 1 fully saturated rings. The summed E-state index contributed by atoms with van der Waals surface area (Å²) in [6.07, 6.45) is -0.654. The van der Waals surface area contributed by atoms with Gasteiger partial charge in [0.25, 0.3) is 11.8 Å². The van der Waals surface area contributed by atoms with Crippen LogP contribution < -0.4 is 4.74 Å². The zero-order valence-corrected chi connectivity index (χ0v) is 17.9. The number of phenolic OH excluding ortho intramolecular Hbond substituents is 3. The second kappa shape index (κ2) is 9.16. The smallest absolute Gasteiger partial charge is 0.263 e. The first-order valence-corrected chi connectivity index (χ1v) is 10.3.